The monoisotopic (exact) mass is 500 g/mol. The van der Waals surface area contributed by atoms with E-state index in [2.05, 4.69) is 43.0 Å². The highest BCUT2D eigenvalue weighted by Crippen LogP contribution is 2.30. The molecule has 2 aromatic heterocycles. The normalized spacial score (nSPS) is 14.5. The fraction of sp³-hybridized carbons (Fsp3) is 0.259. The number of hydrogen-bond acceptors (Lipinski definition) is 6. The van der Waals surface area contributed by atoms with Gasteiger partial charge in [0, 0.05) is 38.3 Å². The molecule has 0 saturated carbocycles. The predicted molar refractivity (Wildman–Crippen MR) is 146 cm³/mol. The molecule has 1 aliphatic heterocycles. The van der Waals surface area contributed by atoms with Crippen LogP contribution in [0.15, 0.2) is 60.7 Å². The van der Waals surface area contributed by atoms with Crippen molar-refractivity contribution in [3.05, 3.63) is 65.4 Å². The number of H-pyrrole nitrogens is 3. The summed E-state index contributed by atoms with van der Waals surface area (Å²) in [5, 5.41) is 0. The second-order valence-electron chi connectivity index (χ2n) is 8.92. The van der Waals surface area contributed by atoms with Crippen LogP contribution in [-0.2, 0) is 0 Å². The van der Waals surface area contributed by atoms with Crippen molar-refractivity contribution in [3.63, 3.8) is 0 Å². The van der Waals surface area contributed by atoms with Crippen LogP contribution in [0.4, 0.5) is 5.69 Å². The molecule has 3 heterocycles. The SMILES string of the molecule is COc1ccc(-c2nc3c(N4CCN(CCOc5cccc6[nH]c(=S)[nH]c56)CC4)cccc3[nH]2)cc1. The molecule has 5 aromatic rings. The maximum atomic E-state index is 6.09. The van der Waals surface area contributed by atoms with Gasteiger partial charge >= 0.3 is 0 Å². The first-order valence-corrected chi connectivity index (χ1v) is 12.5. The second-order valence-corrected chi connectivity index (χ2v) is 9.33. The number of rotatable bonds is 7. The van der Waals surface area contributed by atoms with Crippen molar-refractivity contribution in [1.29, 1.82) is 0 Å². The number of fused-ring (bicyclic) bond motifs is 2. The number of hydrogen-bond donors (Lipinski definition) is 3. The van der Waals surface area contributed by atoms with E-state index in [4.69, 9.17) is 26.7 Å². The number of nitrogens with one attached hydrogen (secondary N) is 3. The summed E-state index contributed by atoms with van der Waals surface area (Å²) < 4.78 is 12.0. The Hall–Kier alpha value is -3.82. The van der Waals surface area contributed by atoms with E-state index in [-0.39, 0.29) is 0 Å². The van der Waals surface area contributed by atoms with Gasteiger partial charge in [0.25, 0.3) is 0 Å². The lowest BCUT2D eigenvalue weighted by atomic mass is 10.2. The minimum absolute atomic E-state index is 0.611. The lowest BCUT2D eigenvalue weighted by Gasteiger charge is -2.36. The van der Waals surface area contributed by atoms with Gasteiger partial charge in [-0.25, -0.2) is 4.98 Å². The molecule has 0 spiro atoms. The lowest BCUT2D eigenvalue weighted by Crippen LogP contribution is -2.47. The van der Waals surface area contributed by atoms with Crippen molar-refractivity contribution in [1.82, 2.24) is 24.8 Å². The summed E-state index contributed by atoms with van der Waals surface area (Å²) in [7, 11) is 1.68. The van der Waals surface area contributed by atoms with Gasteiger partial charge in [0.15, 0.2) is 4.77 Å². The van der Waals surface area contributed by atoms with Crippen LogP contribution in [0, 0.1) is 4.77 Å². The van der Waals surface area contributed by atoms with Crippen LogP contribution in [-0.4, -0.2) is 71.3 Å². The van der Waals surface area contributed by atoms with Gasteiger partial charge in [0.1, 0.15) is 35.0 Å². The van der Waals surface area contributed by atoms with Crippen LogP contribution in [0.1, 0.15) is 0 Å². The molecule has 8 nitrogen and oxygen atoms in total. The Bertz CT molecular complexity index is 1550. The fourth-order valence-electron chi connectivity index (χ4n) is 4.81. The van der Waals surface area contributed by atoms with Gasteiger partial charge < -0.3 is 29.3 Å². The Labute approximate surface area is 213 Å². The van der Waals surface area contributed by atoms with Crippen molar-refractivity contribution in [2.45, 2.75) is 0 Å². The average molecular weight is 501 g/mol. The van der Waals surface area contributed by atoms with E-state index < -0.39 is 0 Å². The number of benzene rings is 3. The van der Waals surface area contributed by atoms with Crippen molar-refractivity contribution in [2.24, 2.45) is 0 Å². The topological polar surface area (TPSA) is 85.2 Å². The summed E-state index contributed by atoms with van der Waals surface area (Å²) in [6.45, 7) is 5.36. The highest BCUT2D eigenvalue weighted by atomic mass is 32.1. The van der Waals surface area contributed by atoms with E-state index in [0.717, 1.165) is 77.7 Å². The molecule has 0 aliphatic carbocycles. The Morgan fingerprint density at radius 3 is 2.47 bits per heavy atom. The van der Waals surface area contributed by atoms with Gasteiger partial charge in [-0.05, 0) is 60.7 Å². The van der Waals surface area contributed by atoms with Crippen LogP contribution in [0.25, 0.3) is 33.5 Å². The molecule has 1 fully saturated rings. The Kier molecular flexibility index (Phi) is 6.08. The summed E-state index contributed by atoms with van der Waals surface area (Å²) in [5.74, 6) is 2.54. The second kappa shape index (κ2) is 9.67. The molecule has 0 amide bonds. The fourth-order valence-corrected chi connectivity index (χ4v) is 5.02. The maximum absolute atomic E-state index is 6.09. The van der Waals surface area contributed by atoms with Crippen LogP contribution >= 0.6 is 12.2 Å². The Morgan fingerprint density at radius 2 is 1.67 bits per heavy atom. The van der Waals surface area contributed by atoms with Crippen LogP contribution in [0.5, 0.6) is 11.5 Å². The van der Waals surface area contributed by atoms with Gasteiger partial charge in [-0.3, -0.25) is 4.90 Å². The zero-order valence-electron chi connectivity index (χ0n) is 20.1. The van der Waals surface area contributed by atoms with Gasteiger partial charge in [-0.2, -0.15) is 0 Å². The number of methoxy groups -OCH3 is 1. The van der Waals surface area contributed by atoms with E-state index in [9.17, 15) is 0 Å². The molecule has 9 heteroatoms. The Morgan fingerprint density at radius 1 is 0.889 bits per heavy atom. The number of aromatic nitrogens is 4. The molecular formula is C27H28N6O2S. The highest BCUT2D eigenvalue weighted by Gasteiger charge is 2.20. The summed E-state index contributed by atoms with van der Waals surface area (Å²) in [6, 6.07) is 20.3. The number of ether oxygens (including phenoxy) is 2. The summed E-state index contributed by atoms with van der Waals surface area (Å²) >= 11 is 5.21. The third-order valence-corrected chi connectivity index (χ3v) is 6.95. The summed E-state index contributed by atoms with van der Waals surface area (Å²) in [4.78, 5) is 19.6. The summed E-state index contributed by atoms with van der Waals surface area (Å²) in [5.41, 5.74) is 6.17. The zero-order chi connectivity index (χ0) is 24.5. The Balaban J connectivity index is 1.09. The molecule has 184 valence electrons. The van der Waals surface area contributed by atoms with Crippen molar-refractivity contribution >= 4 is 40.0 Å². The summed E-state index contributed by atoms with van der Waals surface area (Å²) in [6.07, 6.45) is 0. The maximum Gasteiger partial charge on any atom is 0.175 e. The van der Waals surface area contributed by atoms with E-state index in [1.807, 2.05) is 42.5 Å². The molecular weight excluding hydrogens is 472 g/mol. The third-order valence-electron chi connectivity index (χ3n) is 6.75. The molecule has 0 radical (unpaired) electrons. The van der Waals surface area contributed by atoms with E-state index >= 15 is 0 Å². The van der Waals surface area contributed by atoms with Crippen LogP contribution in [0.2, 0.25) is 0 Å². The van der Waals surface area contributed by atoms with E-state index in [1.165, 1.54) is 5.69 Å². The first-order valence-electron chi connectivity index (χ1n) is 12.1. The molecule has 1 aliphatic rings. The average Bonchev–Trinajstić information content (AvgIpc) is 3.52. The minimum Gasteiger partial charge on any atom is -0.497 e. The zero-order valence-corrected chi connectivity index (χ0v) is 20.9. The number of piperazine rings is 1. The number of anilines is 1. The molecule has 1 saturated heterocycles. The quantitative estimate of drug-likeness (QED) is 0.273. The number of nitrogens with zero attached hydrogens (tertiary/aromatic N) is 3. The third kappa shape index (κ3) is 4.43. The molecule has 0 bridgehead atoms. The molecule has 3 aromatic carbocycles. The number of para-hydroxylation sites is 2. The van der Waals surface area contributed by atoms with Crippen LogP contribution < -0.4 is 14.4 Å². The van der Waals surface area contributed by atoms with Crippen LogP contribution in [0.3, 0.4) is 0 Å². The predicted octanol–water partition coefficient (Wildman–Crippen LogP) is 4.98. The molecule has 0 unspecified atom stereocenters. The first kappa shape index (κ1) is 22.6. The number of aromatic amines is 3. The molecule has 6 rings (SSSR count). The highest BCUT2D eigenvalue weighted by molar-refractivity contribution is 7.71. The van der Waals surface area contributed by atoms with Gasteiger partial charge in [-0.1, -0.05) is 12.1 Å². The standard InChI is InChI=1S/C27H28N6O2S/c1-34-19-10-8-18(9-11-19)26-28-20-4-2-6-22(24(20)30-26)33-14-12-32(13-15-33)16-17-35-23-7-3-5-21-25(23)31-27(36)29-21/h2-11H,12-17H2,1H3,(H,28,30)(H2,29,31,36). The van der Waals surface area contributed by atoms with Gasteiger partial charge in [0.2, 0.25) is 0 Å². The lowest BCUT2D eigenvalue weighted by molar-refractivity contribution is 0.201. The van der Waals surface area contributed by atoms with Crippen molar-refractivity contribution in [3.8, 4) is 22.9 Å². The van der Waals surface area contributed by atoms with Crippen molar-refractivity contribution < 1.29 is 9.47 Å². The minimum atomic E-state index is 0.611. The number of imidazole rings is 2. The largest absolute Gasteiger partial charge is 0.497 e. The van der Waals surface area contributed by atoms with Crippen molar-refractivity contribution in [2.75, 3.05) is 51.3 Å². The van der Waals surface area contributed by atoms with Gasteiger partial charge in [0.05, 0.1) is 23.8 Å². The van der Waals surface area contributed by atoms with E-state index in [0.29, 0.717) is 11.4 Å². The molecule has 0 atom stereocenters. The molecule has 36 heavy (non-hydrogen) atoms. The van der Waals surface area contributed by atoms with Gasteiger partial charge in [-0.15, -0.1) is 0 Å². The first-order chi connectivity index (χ1) is 17.7. The van der Waals surface area contributed by atoms with E-state index in [1.54, 1.807) is 7.11 Å². The smallest absolute Gasteiger partial charge is 0.175 e. The molecule has 3 N–H and O–H groups in total.